The van der Waals surface area contributed by atoms with Crippen LogP contribution in [0.1, 0.15) is 0 Å². The maximum Gasteiger partial charge on any atom is 0.261 e. The van der Waals surface area contributed by atoms with Crippen LogP contribution in [-0.4, -0.2) is 36.2 Å². The molecule has 0 aliphatic heterocycles. The predicted octanol–water partition coefficient (Wildman–Crippen LogP) is 0.752. The Kier molecular flexibility index (Phi) is 4.69. The Balaban J connectivity index is 2.15. The third kappa shape index (κ3) is 5.06. The molecule has 1 aromatic heterocycles. The van der Waals surface area contributed by atoms with Crippen LogP contribution in [0.15, 0.2) is 12.3 Å². The van der Waals surface area contributed by atoms with Crippen molar-refractivity contribution in [1.29, 1.82) is 0 Å². The van der Waals surface area contributed by atoms with Crippen molar-refractivity contribution < 1.29 is 13.5 Å². The number of nitrogens with zero attached hydrogens (tertiary/aromatic N) is 2. The van der Waals surface area contributed by atoms with E-state index in [1.807, 2.05) is 0 Å². The van der Waals surface area contributed by atoms with Crippen LogP contribution in [0.25, 0.3) is 0 Å². The minimum atomic E-state index is -2.43. The lowest BCUT2D eigenvalue weighted by molar-refractivity contribution is 0.0215. The first-order valence-electron chi connectivity index (χ1n) is 4.37. The monoisotopic (exact) mass is 218 g/mol. The second kappa shape index (κ2) is 6.07. The molecule has 0 aliphatic carbocycles. The molecule has 0 unspecified atom stereocenters. The molecule has 0 bridgehead atoms. The highest BCUT2D eigenvalue weighted by Gasteiger charge is 2.01. The molecule has 84 valence electrons. The smallest absolute Gasteiger partial charge is 0.261 e. The van der Waals surface area contributed by atoms with Gasteiger partial charge in [0.25, 0.3) is 6.43 Å². The Morgan fingerprint density at radius 2 is 2.33 bits per heavy atom. The zero-order chi connectivity index (χ0) is 11.1. The molecule has 0 saturated heterocycles. The number of nitrogen functional groups attached to an aromatic ring is 1. The molecule has 7 heteroatoms. The Morgan fingerprint density at radius 3 is 3.00 bits per heavy atom. The van der Waals surface area contributed by atoms with E-state index in [0.717, 1.165) is 0 Å². The van der Waals surface area contributed by atoms with E-state index in [0.29, 0.717) is 12.4 Å². The molecule has 0 radical (unpaired) electrons. The van der Waals surface area contributed by atoms with Crippen molar-refractivity contribution in [3.05, 3.63) is 12.3 Å². The van der Waals surface area contributed by atoms with Crippen LogP contribution in [-0.2, 0) is 4.74 Å². The molecule has 1 rings (SSSR count). The van der Waals surface area contributed by atoms with E-state index >= 15 is 0 Å². The Bertz CT molecular complexity index is 298. The van der Waals surface area contributed by atoms with Crippen molar-refractivity contribution in [2.75, 3.05) is 30.8 Å². The normalized spacial score (nSPS) is 10.6. The largest absolute Gasteiger partial charge is 0.374 e. The summed E-state index contributed by atoms with van der Waals surface area (Å²) in [5.74, 6) is 0.705. The van der Waals surface area contributed by atoms with E-state index in [1.165, 1.54) is 6.20 Å². The van der Waals surface area contributed by atoms with E-state index in [9.17, 15) is 8.78 Å². The summed E-state index contributed by atoms with van der Waals surface area (Å²) in [6.45, 7) is 0.0328. The van der Waals surface area contributed by atoms with E-state index in [-0.39, 0.29) is 12.6 Å². The average Bonchev–Trinajstić information content (AvgIpc) is 2.17. The van der Waals surface area contributed by atoms with Gasteiger partial charge in [-0.3, -0.25) is 0 Å². The van der Waals surface area contributed by atoms with Crippen LogP contribution in [0.5, 0.6) is 0 Å². The topological polar surface area (TPSA) is 73.1 Å². The molecular formula is C8H12F2N4O. The summed E-state index contributed by atoms with van der Waals surface area (Å²) in [6, 6.07) is 1.63. The standard InChI is InChI=1S/C8H12F2N4O/c9-6(10)5-15-4-3-12-7-1-2-13-8(11)14-7/h1-2,6H,3-5H2,(H3,11,12,13,14). The summed E-state index contributed by atoms with van der Waals surface area (Å²) in [7, 11) is 0. The molecule has 0 fully saturated rings. The van der Waals surface area contributed by atoms with Crippen molar-refractivity contribution in [2.45, 2.75) is 6.43 Å². The molecular weight excluding hydrogens is 206 g/mol. The lowest BCUT2D eigenvalue weighted by Crippen LogP contribution is -2.14. The number of rotatable bonds is 6. The molecule has 0 aromatic carbocycles. The highest BCUT2D eigenvalue weighted by Crippen LogP contribution is 2.01. The highest BCUT2D eigenvalue weighted by molar-refractivity contribution is 5.37. The third-order valence-electron chi connectivity index (χ3n) is 1.47. The minimum Gasteiger partial charge on any atom is -0.374 e. The van der Waals surface area contributed by atoms with Crippen molar-refractivity contribution in [1.82, 2.24) is 9.97 Å². The lowest BCUT2D eigenvalue weighted by Gasteiger charge is -2.06. The number of ether oxygens (including phenoxy) is 1. The van der Waals surface area contributed by atoms with Crippen molar-refractivity contribution >= 4 is 11.8 Å². The molecule has 5 nitrogen and oxygen atoms in total. The van der Waals surface area contributed by atoms with Gasteiger partial charge in [-0.1, -0.05) is 0 Å². The Labute approximate surface area is 85.7 Å². The second-order valence-electron chi connectivity index (χ2n) is 2.69. The molecule has 1 aromatic rings. The number of nitrogens with one attached hydrogen (secondary N) is 1. The van der Waals surface area contributed by atoms with Gasteiger partial charge in [0.15, 0.2) is 0 Å². The summed E-state index contributed by atoms with van der Waals surface area (Å²) < 4.78 is 28.0. The summed E-state index contributed by atoms with van der Waals surface area (Å²) in [4.78, 5) is 7.56. The summed E-state index contributed by atoms with van der Waals surface area (Å²) >= 11 is 0. The number of anilines is 2. The van der Waals surface area contributed by atoms with Crippen molar-refractivity contribution in [2.24, 2.45) is 0 Å². The van der Waals surface area contributed by atoms with Crippen LogP contribution in [0.2, 0.25) is 0 Å². The van der Waals surface area contributed by atoms with Gasteiger partial charge in [0, 0.05) is 12.7 Å². The number of halogens is 2. The van der Waals surface area contributed by atoms with Crippen LogP contribution in [0.3, 0.4) is 0 Å². The predicted molar refractivity (Wildman–Crippen MR) is 51.8 cm³/mol. The van der Waals surface area contributed by atoms with E-state index in [4.69, 9.17) is 5.73 Å². The third-order valence-corrected chi connectivity index (χ3v) is 1.47. The first-order valence-corrected chi connectivity index (χ1v) is 4.37. The first kappa shape index (κ1) is 11.6. The maximum absolute atomic E-state index is 11.7. The number of alkyl halides is 2. The van der Waals surface area contributed by atoms with Crippen LogP contribution >= 0.6 is 0 Å². The van der Waals surface area contributed by atoms with Crippen LogP contribution in [0.4, 0.5) is 20.5 Å². The first-order chi connectivity index (χ1) is 7.18. The summed E-state index contributed by atoms with van der Waals surface area (Å²) in [5.41, 5.74) is 5.34. The van der Waals surface area contributed by atoms with Crippen LogP contribution < -0.4 is 11.1 Å². The number of hydrogen-bond donors (Lipinski definition) is 2. The molecule has 1 heterocycles. The zero-order valence-corrected chi connectivity index (χ0v) is 7.99. The van der Waals surface area contributed by atoms with Crippen LogP contribution in [0, 0.1) is 0 Å². The van der Waals surface area contributed by atoms with Gasteiger partial charge in [-0.15, -0.1) is 0 Å². The maximum atomic E-state index is 11.7. The molecule has 0 aliphatic rings. The van der Waals surface area contributed by atoms with Crippen molar-refractivity contribution in [3.63, 3.8) is 0 Å². The van der Waals surface area contributed by atoms with Gasteiger partial charge < -0.3 is 15.8 Å². The quantitative estimate of drug-likeness (QED) is 0.689. The fourth-order valence-electron chi connectivity index (χ4n) is 0.896. The van der Waals surface area contributed by atoms with Crippen molar-refractivity contribution in [3.8, 4) is 0 Å². The van der Waals surface area contributed by atoms with Gasteiger partial charge in [0.1, 0.15) is 12.4 Å². The molecule has 0 amide bonds. The fraction of sp³-hybridized carbons (Fsp3) is 0.500. The molecule has 3 N–H and O–H groups in total. The van der Waals surface area contributed by atoms with Gasteiger partial charge in [0.05, 0.1) is 6.61 Å². The minimum absolute atomic E-state index is 0.161. The summed E-state index contributed by atoms with van der Waals surface area (Å²) in [6.07, 6.45) is -0.926. The molecule has 0 spiro atoms. The van der Waals surface area contributed by atoms with Gasteiger partial charge >= 0.3 is 0 Å². The van der Waals surface area contributed by atoms with E-state index in [2.05, 4.69) is 20.0 Å². The van der Waals surface area contributed by atoms with Gasteiger partial charge in [0.2, 0.25) is 5.95 Å². The van der Waals surface area contributed by atoms with Gasteiger partial charge in [-0.25, -0.2) is 13.8 Å². The lowest BCUT2D eigenvalue weighted by atomic mass is 10.5. The second-order valence-corrected chi connectivity index (χ2v) is 2.69. The average molecular weight is 218 g/mol. The van der Waals surface area contributed by atoms with Gasteiger partial charge in [-0.2, -0.15) is 4.98 Å². The fourth-order valence-corrected chi connectivity index (χ4v) is 0.896. The summed E-state index contributed by atoms with van der Waals surface area (Å²) in [5, 5.41) is 2.86. The number of hydrogen-bond acceptors (Lipinski definition) is 5. The molecule has 15 heavy (non-hydrogen) atoms. The SMILES string of the molecule is Nc1nccc(NCCOCC(F)F)n1. The Hall–Kier alpha value is -1.50. The van der Waals surface area contributed by atoms with E-state index in [1.54, 1.807) is 6.07 Å². The van der Waals surface area contributed by atoms with E-state index < -0.39 is 13.0 Å². The Morgan fingerprint density at radius 1 is 1.53 bits per heavy atom. The molecule has 0 saturated carbocycles. The highest BCUT2D eigenvalue weighted by atomic mass is 19.3. The number of aromatic nitrogens is 2. The molecule has 0 atom stereocenters. The number of nitrogens with two attached hydrogens (primary N) is 1. The zero-order valence-electron chi connectivity index (χ0n) is 7.99. The van der Waals surface area contributed by atoms with Gasteiger partial charge in [-0.05, 0) is 6.07 Å².